The maximum absolute atomic E-state index is 12.6. The quantitative estimate of drug-likeness (QED) is 0.621. The van der Waals surface area contributed by atoms with Crippen LogP contribution in [-0.4, -0.2) is 30.2 Å². The molecule has 0 bridgehead atoms. The average Bonchev–Trinajstić information content (AvgIpc) is 2.64. The van der Waals surface area contributed by atoms with Crippen LogP contribution >= 0.6 is 0 Å². The summed E-state index contributed by atoms with van der Waals surface area (Å²) in [4.78, 5) is 24.5. The zero-order valence-electron chi connectivity index (χ0n) is 17.8. The number of ether oxygens (including phenoxy) is 1. The van der Waals surface area contributed by atoms with E-state index in [1.807, 2.05) is 30.3 Å². The third-order valence-corrected chi connectivity index (χ3v) is 4.18. The summed E-state index contributed by atoms with van der Waals surface area (Å²) in [6.07, 6.45) is -0.554. The van der Waals surface area contributed by atoms with Gasteiger partial charge in [-0.05, 0) is 57.0 Å². The number of amides is 2. The highest BCUT2D eigenvalue weighted by atomic mass is 16.6. The number of anilines is 2. The van der Waals surface area contributed by atoms with E-state index in [1.165, 1.54) is 0 Å². The predicted molar refractivity (Wildman–Crippen MR) is 117 cm³/mol. The van der Waals surface area contributed by atoms with Crippen LogP contribution in [0.3, 0.4) is 0 Å². The van der Waals surface area contributed by atoms with Crippen molar-refractivity contribution in [2.24, 2.45) is 5.92 Å². The van der Waals surface area contributed by atoms with Crippen LogP contribution in [0.5, 0.6) is 0 Å². The molecule has 0 aliphatic heterocycles. The normalized spacial score (nSPS) is 12.2. The van der Waals surface area contributed by atoms with Crippen LogP contribution in [0.1, 0.15) is 45.0 Å². The summed E-state index contributed by atoms with van der Waals surface area (Å²) in [7, 11) is 0. The van der Waals surface area contributed by atoms with Crippen molar-refractivity contribution in [2.45, 2.75) is 46.3 Å². The Kier molecular flexibility index (Phi) is 7.65. The SMILES string of the molecule is CC(C)C(CNC(=O)c1cccc(NC(=O)OC(C)(C)C)c1)Nc1ccccc1. The first kappa shape index (κ1) is 22.3. The molecule has 0 saturated heterocycles. The minimum absolute atomic E-state index is 0.0874. The van der Waals surface area contributed by atoms with Gasteiger partial charge in [0.25, 0.3) is 5.91 Å². The number of carbonyl (C=O) groups excluding carboxylic acids is 2. The van der Waals surface area contributed by atoms with Crippen molar-refractivity contribution in [2.75, 3.05) is 17.2 Å². The number of nitrogens with one attached hydrogen (secondary N) is 3. The molecule has 2 aromatic rings. The van der Waals surface area contributed by atoms with Gasteiger partial charge in [-0.25, -0.2) is 4.79 Å². The van der Waals surface area contributed by atoms with Crippen LogP contribution < -0.4 is 16.0 Å². The summed E-state index contributed by atoms with van der Waals surface area (Å²) in [5.41, 5.74) is 1.41. The van der Waals surface area contributed by atoms with Gasteiger partial charge in [-0.2, -0.15) is 0 Å². The van der Waals surface area contributed by atoms with E-state index < -0.39 is 11.7 Å². The number of carbonyl (C=O) groups is 2. The molecule has 0 fully saturated rings. The molecule has 0 radical (unpaired) electrons. The number of benzene rings is 2. The van der Waals surface area contributed by atoms with Gasteiger partial charge in [0, 0.05) is 29.5 Å². The first-order chi connectivity index (χ1) is 13.6. The van der Waals surface area contributed by atoms with Gasteiger partial charge in [-0.1, -0.05) is 38.1 Å². The first-order valence-corrected chi connectivity index (χ1v) is 9.84. The Bertz CT molecular complexity index is 814. The Hall–Kier alpha value is -3.02. The second kappa shape index (κ2) is 9.96. The van der Waals surface area contributed by atoms with Crippen LogP contribution in [0, 0.1) is 5.92 Å². The van der Waals surface area contributed by atoms with Crippen molar-refractivity contribution in [1.29, 1.82) is 0 Å². The monoisotopic (exact) mass is 397 g/mol. The van der Waals surface area contributed by atoms with Crippen LogP contribution in [0.2, 0.25) is 0 Å². The molecule has 0 aliphatic carbocycles. The Balaban J connectivity index is 1.96. The van der Waals surface area contributed by atoms with Gasteiger partial charge >= 0.3 is 6.09 Å². The molecule has 0 aromatic heterocycles. The van der Waals surface area contributed by atoms with Crippen LogP contribution in [0.4, 0.5) is 16.2 Å². The minimum atomic E-state index is -0.587. The molecule has 0 saturated carbocycles. The van der Waals surface area contributed by atoms with E-state index in [-0.39, 0.29) is 11.9 Å². The van der Waals surface area contributed by atoms with E-state index in [9.17, 15) is 9.59 Å². The summed E-state index contributed by atoms with van der Waals surface area (Å²) < 4.78 is 5.25. The molecule has 6 heteroatoms. The molecular formula is C23H31N3O3. The molecule has 6 nitrogen and oxygen atoms in total. The smallest absolute Gasteiger partial charge is 0.412 e. The van der Waals surface area contributed by atoms with E-state index in [0.29, 0.717) is 23.7 Å². The zero-order chi connectivity index (χ0) is 21.4. The van der Waals surface area contributed by atoms with Crippen LogP contribution in [0.25, 0.3) is 0 Å². The highest BCUT2D eigenvalue weighted by Crippen LogP contribution is 2.15. The van der Waals surface area contributed by atoms with Gasteiger partial charge in [0.15, 0.2) is 0 Å². The highest BCUT2D eigenvalue weighted by molar-refractivity contribution is 5.96. The number of para-hydroxylation sites is 1. The molecule has 29 heavy (non-hydrogen) atoms. The molecule has 156 valence electrons. The standard InChI is InChI=1S/C23H31N3O3/c1-16(2)20(25-18-11-7-6-8-12-18)15-24-21(27)17-10-9-13-19(14-17)26-22(28)29-23(3,4)5/h6-14,16,20,25H,15H2,1-5H3,(H,24,27)(H,26,28). The Morgan fingerprint density at radius 1 is 0.966 bits per heavy atom. The second-order valence-electron chi connectivity index (χ2n) is 8.28. The molecule has 2 rings (SSSR count). The molecule has 3 N–H and O–H groups in total. The summed E-state index contributed by atoms with van der Waals surface area (Å²) in [5.74, 6) is 0.133. The van der Waals surface area contributed by atoms with Gasteiger partial charge in [-0.15, -0.1) is 0 Å². The lowest BCUT2D eigenvalue weighted by molar-refractivity contribution is 0.0635. The fourth-order valence-electron chi connectivity index (χ4n) is 2.67. The maximum Gasteiger partial charge on any atom is 0.412 e. The predicted octanol–water partition coefficient (Wildman–Crippen LogP) is 4.90. The molecule has 1 unspecified atom stereocenters. The topological polar surface area (TPSA) is 79.5 Å². The fourth-order valence-corrected chi connectivity index (χ4v) is 2.67. The van der Waals surface area contributed by atoms with Crippen molar-refractivity contribution >= 4 is 23.4 Å². The number of hydrogen-bond acceptors (Lipinski definition) is 4. The lowest BCUT2D eigenvalue weighted by Gasteiger charge is -2.24. The summed E-state index contributed by atoms with van der Waals surface area (Å²) in [5, 5.41) is 9.09. The van der Waals surface area contributed by atoms with E-state index in [2.05, 4.69) is 29.8 Å². The molecule has 0 aliphatic rings. The summed E-state index contributed by atoms with van der Waals surface area (Å²) in [6, 6.07) is 16.8. The van der Waals surface area contributed by atoms with Crippen LogP contribution in [-0.2, 0) is 4.74 Å². The van der Waals surface area contributed by atoms with Crippen molar-refractivity contribution in [1.82, 2.24) is 5.32 Å². The Morgan fingerprint density at radius 3 is 2.24 bits per heavy atom. The molecule has 0 spiro atoms. The lowest BCUT2D eigenvalue weighted by atomic mass is 10.0. The first-order valence-electron chi connectivity index (χ1n) is 9.84. The van der Waals surface area contributed by atoms with Crippen molar-refractivity contribution in [3.8, 4) is 0 Å². The number of hydrogen-bond donors (Lipinski definition) is 3. The summed E-state index contributed by atoms with van der Waals surface area (Å²) >= 11 is 0. The average molecular weight is 398 g/mol. The maximum atomic E-state index is 12.6. The van der Waals surface area contributed by atoms with E-state index in [4.69, 9.17) is 4.74 Å². The summed E-state index contributed by atoms with van der Waals surface area (Å²) in [6.45, 7) is 10.1. The van der Waals surface area contributed by atoms with E-state index in [0.717, 1.165) is 5.69 Å². The van der Waals surface area contributed by atoms with E-state index in [1.54, 1.807) is 45.0 Å². The minimum Gasteiger partial charge on any atom is -0.444 e. The highest BCUT2D eigenvalue weighted by Gasteiger charge is 2.18. The van der Waals surface area contributed by atoms with Gasteiger partial charge < -0.3 is 15.4 Å². The Labute approximate surface area is 173 Å². The zero-order valence-corrected chi connectivity index (χ0v) is 17.8. The molecule has 1 atom stereocenters. The van der Waals surface area contributed by atoms with Crippen molar-refractivity contribution in [3.05, 3.63) is 60.2 Å². The van der Waals surface area contributed by atoms with Gasteiger partial charge in [0.2, 0.25) is 0 Å². The van der Waals surface area contributed by atoms with E-state index >= 15 is 0 Å². The molecule has 0 heterocycles. The largest absolute Gasteiger partial charge is 0.444 e. The van der Waals surface area contributed by atoms with Crippen LogP contribution in [0.15, 0.2) is 54.6 Å². The third-order valence-electron chi connectivity index (χ3n) is 4.18. The third kappa shape index (κ3) is 7.86. The Morgan fingerprint density at radius 2 is 1.62 bits per heavy atom. The molecule has 2 amide bonds. The van der Waals surface area contributed by atoms with Gasteiger partial charge in [-0.3, -0.25) is 10.1 Å². The van der Waals surface area contributed by atoms with Crippen molar-refractivity contribution < 1.29 is 14.3 Å². The van der Waals surface area contributed by atoms with Gasteiger partial charge in [0.05, 0.1) is 0 Å². The molecule has 2 aromatic carbocycles. The molecular weight excluding hydrogens is 366 g/mol. The van der Waals surface area contributed by atoms with Crippen molar-refractivity contribution in [3.63, 3.8) is 0 Å². The second-order valence-corrected chi connectivity index (χ2v) is 8.28. The lowest BCUT2D eigenvalue weighted by Crippen LogP contribution is -2.39. The fraction of sp³-hybridized carbons (Fsp3) is 0.391. The number of rotatable bonds is 7. The van der Waals surface area contributed by atoms with Gasteiger partial charge in [0.1, 0.15) is 5.60 Å².